The molecule has 2 aromatic heterocycles. The number of hydrogen-bond acceptors (Lipinski definition) is 6. The maximum Gasteiger partial charge on any atom is 0.263 e. The maximum atomic E-state index is 11.8. The van der Waals surface area contributed by atoms with Gasteiger partial charge in [-0.3, -0.25) is 4.79 Å². The van der Waals surface area contributed by atoms with Crippen LogP contribution in [0.15, 0.2) is 18.6 Å². The molecule has 0 aromatic carbocycles. The van der Waals surface area contributed by atoms with E-state index in [-0.39, 0.29) is 5.91 Å². The molecular weight excluding hydrogens is 238 g/mol. The van der Waals surface area contributed by atoms with Crippen molar-refractivity contribution in [2.75, 3.05) is 5.73 Å². The van der Waals surface area contributed by atoms with E-state index in [1.165, 1.54) is 17.7 Å². The number of nitrogens with one attached hydrogen (secondary N) is 1. The number of amides is 1. The predicted molar refractivity (Wildman–Crippen MR) is 64.5 cm³/mol. The summed E-state index contributed by atoms with van der Waals surface area (Å²) in [5, 5.41) is 3.15. The fourth-order valence-corrected chi connectivity index (χ4v) is 2.05. The second-order valence-electron chi connectivity index (χ2n) is 3.35. The lowest BCUT2D eigenvalue weighted by Gasteiger charge is -2.02. The summed E-state index contributed by atoms with van der Waals surface area (Å²) in [7, 11) is 0. The summed E-state index contributed by atoms with van der Waals surface area (Å²) in [6.07, 6.45) is 3.07. The van der Waals surface area contributed by atoms with Gasteiger partial charge < -0.3 is 11.1 Å². The van der Waals surface area contributed by atoms with E-state index in [0.29, 0.717) is 22.2 Å². The summed E-state index contributed by atoms with van der Waals surface area (Å²) in [5.74, 6) is -0.185. The molecule has 0 spiro atoms. The van der Waals surface area contributed by atoms with Crippen LogP contribution in [-0.2, 0) is 6.54 Å². The molecule has 0 unspecified atom stereocenters. The molecule has 0 fully saturated rings. The van der Waals surface area contributed by atoms with E-state index in [1.54, 1.807) is 19.2 Å². The van der Waals surface area contributed by atoms with Crippen molar-refractivity contribution in [2.24, 2.45) is 0 Å². The number of aromatic nitrogens is 3. The number of aryl methyl sites for hydroxylation is 1. The second-order valence-corrected chi connectivity index (χ2v) is 4.38. The van der Waals surface area contributed by atoms with Crippen molar-refractivity contribution in [1.29, 1.82) is 0 Å². The largest absolute Gasteiger partial charge is 0.375 e. The SMILES string of the molecule is Cc1nc(N)sc1C(=O)NCc1ccncn1. The molecule has 0 bridgehead atoms. The summed E-state index contributed by atoms with van der Waals surface area (Å²) in [4.78, 5) is 24.2. The van der Waals surface area contributed by atoms with Crippen LogP contribution in [-0.4, -0.2) is 20.9 Å². The number of nitrogens with two attached hydrogens (primary N) is 1. The highest BCUT2D eigenvalue weighted by Gasteiger charge is 2.13. The number of rotatable bonds is 3. The standard InChI is InChI=1S/C10H11N5OS/c1-6-8(17-10(11)15-6)9(16)13-4-7-2-3-12-5-14-7/h2-3,5H,4H2,1H3,(H2,11,15)(H,13,16). The number of nitrogens with zero attached hydrogens (tertiary/aromatic N) is 3. The zero-order chi connectivity index (χ0) is 12.3. The van der Waals surface area contributed by atoms with Gasteiger partial charge in [-0.25, -0.2) is 15.0 Å². The van der Waals surface area contributed by atoms with Crippen LogP contribution in [0.1, 0.15) is 21.1 Å². The topological polar surface area (TPSA) is 93.8 Å². The Kier molecular flexibility index (Phi) is 3.29. The third-order valence-corrected chi connectivity index (χ3v) is 3.08. The van der Waals surface area contributed by atoms with E-state index in [2.05, 4.69) is 20.3 Å². The first-order chi connectivity index (χ1) is 8.16. The fraction of sp³-hybridized carbons (Fsp3) is 0.200. The van der Waals surface area contributed by atoms with Crippen LogP contribution >= 0.6 is 11.3 Å². The number of thiazole rings is 1. The van der Waals surface area contributed by atoms with E-state index < -0.39 is 0 Å². The fourth-order valence-electron chi connectivity index (χ4n) is 1.30. The Bertz CT molecular complexity index is 525. The van der Waals surface area contributed by atoms with Crippen LogP contribution in [0.5, 0.6) is 0 Å². The van der Waals surface area contributed by atoms with E-state index in [4.69, 9.17) is 5.73 Å². The molecule has 0 aliphatic carbocycles. The van der Waals surface area contributed by atoms with Gasteiger partial charge in [0, 0.05) is 6.20 Å². The molecule has 0 saturated heterocycles. The lowest BCUT2D eigenvalue weighted by Crippen LogP contribution is -2.23. The lowest BCUT2D eigenvalue weighted by molar-refractivity contribution is 0.0953. The monoisotopic (exact) mass is 249 g/mol. The van der Waals surface area contributed by atoms with Crippen molar-refractivity contribution in [3.63, 3.8) is 0 Å². The lowest BCUT2D eigenvalue weighted by atomic mass is 10.3. The molecular formula is C10H11N5OS. The molecule has 0 saturated carbocycles. The van der Waals surface area contributed by atoms with E-state index in [9.17, 15) is 4.79 Å². The highest BCUT2D eigenvalue weighted by atomic mass is 32.1. The first-order valence-electron chi connectivity index (χ1n) is 4.93. The van der Waals surface area contributed by atoms with Crippen LogP contribution in [0, 0.1) is 6.92 Å². The Balaban J connectivity index is 2.01. The van der Waals surface area contributed by atoms with Gasteiger partial charge in [0.2, 0.25) is 0 Å². The molecule has 7 heteroatoms. The number of hydrogen-bond donors (Lipinski definition) is 2. The second kappa shape index (κ2) is 4.88. The minimum absolute atomic E-state index is 0.185. The molecule has 2 heterocycles. The van der Waals surface area contributed by atoms with Gasteiger partial charge in [0.1, 0.15) is 11.2 Å². The Hall–Kier alpha value is -2.02. The van der Waals surface area contributed by atoms with Crippen LogP contribution in [0.3, 0.4) is 0 Å². The summed E-state index contributed by atoms with van der Waals surface area (Å²) in [6, 6.07) is 1.74. The molecule has 1 amide bonds. The van der Waals surface area contributed by atoms with Crippen molar-refractivity contribution in [1.82, 2.24) is 20.3 Å². The first kappa shape index (κ1) is 11.5. The Morgan fingerprint density at radius 1 is 1.59 bits per heavy atom. The normalized spacial score (nSPS) is 10.2. The van der Waals surface area contributed by atoms with E-state index >= 15 is 0 Å². The Morgan fingerprint density at radius 2 is 2.41 bits per heavy atom. The van der Waals surface area contributed by atoms with E-state index in [0.717, 1.165) is 5.69 Å². The smallest absolute Gasteiger partial charge is 0.263 e. The molecule has 2 aromatic rings. The third kappa shape index (κ3) is 2.76. The van der Waals surface area contributed by atoms with Crippen molar-refractivity contribution in [3.8, 4) is 0 Å². The minimum Gasteiger partial charge on any atom is -0.375 e. The minimum atomic E-state index is -0.185. The Morgan fingerprint density at radius 3 is 3.00 bits per heavy atom. The number of anilines is 1. The third-order valence-electron chi connectivity index (χ3n) is 2.09. The highest BCUT2D eigenvalue weighted by molar-refractivity contribution is 7.17. The predicted octanol–water partition coefficient (Wildman–Crippen LogP) is 0.754. The molecule has 0 aliphatic heterocycles. The molecule has 17 heavy (non-hydrogen) atoms. The van der Waals surface area contributed by atoms with Crippen molar-refractivity contribution >= 4 is 22.4 Å². The molecule has 88 valence electrons. The van der Waals surface area contributed by atoms with Crippen LogP contribution in [0.2, 0.25) is 0 Å². The summed E-state index contributed by atoms with van der Waals surface area (Å²) in [5.41, 5.74) is 6.93. The average Bonchev–Trinajstić information content (AvgIpc) is 2.67. The maximum absolute atomic E-state index is 11.8. The van der Waals surface area contributed by atoms with Crippen LogP contribution < -0.4 is 11.1 Å². The molecule has 0 radical (unpaired) electrons. The summed E-state index contributed by atoms with van der Waals surface area (Å²) < 4.78 is 0. The summed E-state index contributed by atoms with van der Waals surface area (Å²) in [6.45, 7) is 2.12. The number of carbonyl (C=O) groups excluding carboxylic acids is 1. The van der Waals surface area contributed by atoms with Gasteiger partial charge in [-0.15, -0.1) is 0 Å². The molecule has 6 nitrogen and oxygen atoms in total. The van der Waals surface area contributed by atoms with E-state index in [1.807, 2.05) is 0 Å². The molecule has 0 aliphatic rings. The zero-order valence-corrected chi connectivity index (χ0v) is 9.99. The number of nitrogen functional groups attached to an aromatic ring is 1. The van der Waals surface area contributed by atoms with Crippen molar-refractivity contribution in [2.45, 2.75) is 13.5 Å². The van der Waals surface area contributed by atoms with Gasteiger partial charge >= 0.3 is 0 Å². The quantitative estimate of drug-likeness (QED) is 0.837. The van der Waals surface area contributed by atoms with Gasteiger partial charge in [-0.2, -0.15) is 0 Å². The van der Waals surface area contributed by atoms with Crippen LogP contribution in [0.25, 0.3) is 0 Å². The zero-order valence-electron chi connectivity index (χ0n) is 9.17. The molecule has 3 N–H and O–H groups in total. The first-order valence-corrected chi connectivity index (χ1v) is 5.74. The van der Waals surface area contributed by atoms with Gasteiger partial charge in [0.25, 0.3) is 5.91 Å². The van der Waals surface area contributed by atoms with Gasteiger partial charge in [-0.05, 0) is 13.0 Å². The Labute approximate surface area is 102 Å². The van der Waals surface area contributed by atoms with Crippen LogP contribution in [0.4, 0.5) is 5.13 Å². The average molecular weight is 249 g/mol. The van der Waals surface area contributed by atoms with Crippen molar-refractivity contribution < 1.29 is 4.79 Å². The van der Waals surface area contributed by atoms with Gasteiger partial charge in [-0.1, -0.05) is 11.3 Å². The number of carbonyl (C=O) groups is 1. The molecule has 0 atom stereocenters. The van der Waals surface area contributed by atoms with Gasteiger partial charge in [0.05, 0.1) is 17.9 Å². The van der Waals surface area contributed by atoms with Gasteiger partial charge in [0.15, 0.2) is 5.13 Å². The van der Waals surface area contributed by atoms with Crippen molar-refractivity contribution in [3.05, 3.63) is 34.9 Å². The highest BCUT2D eigenvalue weighted by Crippen LogP contribution is 2.19. The summed E-state index contributed by atoms with van der Waals surface area (Å²) >= 11 is 1.18. The molecule has 2 rings (SSSR count).